The number of nitriles is 2. The van der Waals surface area contributed by atoms with Gasteiger partial charge in [0, 0.05) is 52.4 Å². The highest BCUT2D eigenvalue weighted by atomic mass is 35.5. The van der Waals surface area contributed by atoms with Gasteiger partial charge in [-0.25, -0.2) is 31.0 Å². The predicted octanol–water partition coefficient (Wildman–Crippen LogP) is 8.10. The van der Waals surface area contributed by atoms with Crippen molar-refractivity contribution in [3.8, 4) is 23.5 Å². The molecule has 15 nitrogen and oxygen atoms in total. The van der Waals surface area contributed by atoms with Crippen molar-refractivity contribution in [1.82, 2.24) is 29.4 Å². The van der Waals surface area contributed by atoms with E-state index >= 15 is 0 Å². The number of piperazine rings is 2. The molecule has 0 N–H and O–H groups in total. The third kappa shape index (κ3) is 8.92. The maximum Gasteiger partial charge on any atom is 0.502 e. The van der Waals surface area contributed by atoms with E-state index in [1.807, 2.05) is 0 Å². The second kappa shape index (κ2) is 17.2. The number of rotatable bonds is 6. The van der Waals surface area contributed by atoms with Gasteiger partial charge in [0.25, 0.3) is 19.7 Å². The Kier molecular flexibility index (Phi) is 13.1. The number of alkyl halides is 12. The number of hydrogen-bond acceptors (Lipinski definition) is 11. The largest absolute Gasteiger partial charge is 0.502 e. The van der Waals surface area contributed by atoms with E-state index in [1.165, 1.54) is 12.1 Å². The Hall–Kier alpha value is -5.07. The molecule has 2 saturated heterocycles. The number of hydrogen-bond donors (Lipinski definition) is 0. The number of nitrogens with zero attached hydrogens (tertiary/aromatic N) is 10. The van der Waals surface area contributed by atoms with Crippen LogP contribution in [0.25, 0.3) is 11.4 Å². The van der Waals surface area contributed by atoms with Gasteiger partial charge in [-0.05, 0) is 24.3 Å². The Morgan fingerprint density at radius 1 is 0.530 bits per heavy atom. The van der Waals surface area contributed by atoms with Gasteiger partial charge in [0.1, 0.15) is 23.5 Å². The van der Waals surface area contributed by atoms with Crippen molar-refractivity contribution in [2.45, 2.75) is 33.2 Å². The summed E-state index contributed by atoms with van der Waals surface area (Å²) in [6, 6.07) is 2.85. The van der Waals surface area contributed by atoms with Gasteiger partial charge in [-0.1, -0.05) is 46.4 Å². The summed E-state index contributed by atoms with van der Waals surface area (Å²) in [7, 11) is -12.9. The average molecular weight is 1070 g/mol. The van der Waals surface area contributed by atoms with Crippen molar-refractivity contribution in [2.75, 3.05) is 62.2 Å². The highest BCUT2D eigenvalue weighted by molar-refractivity contribution is 7.92. The molecule has 0 bridgehead atoms. The summed E-state index contributed by atoms with van der Waals surface area (Å²) >= 11 is 24.4. The molecule has 2 aromatic carbocycles. The molecule has 0 aliphatic carbocycles. The molecule has 4 aromatic rings. The molecule has 6 rings (SSSR count). The number of urea groups is 1. The third-order valence-corrected chi connectivity index (χ3v) is 14.0. The summed E-state index contributed by atoms with van der Waals surface area (Å²) in [5, 5.41) is 23.1. The van der Waals surface area contributed by atoms with Crippen LogP contribution in [0, 0.1) is 22.7 Å². The van der Waals surface area contributed by atoms with E-state index < -0.39 is 177 Å². The second-order valence-corrected chi connectivity index (χ2v) is 19.1. The van der Waals surface area contributed by atoms with E-state index in [4.69, 9.17) is 46.4 Å². The van der Waals surface area contributed by atoms with Crippen LogP contribution >= 0.6 is 46.4 Å². The highest BCUT2D eigenvalue weighted by Gasteiger charge is 2.54. The summed E-state index contributed by atoms with van der Waals surface area (Å²) in [4.78, 5) is 14.3. The van der Waals surface area contributed by atoms with Crippen molar-refractivity contribution < 1.29 is 74.3 Å². The minimum atomic E-state index is -6.46. The minimum absolute atomic E-state index is 0.319. The molecule has 0 saturated carbocycles. The fourth-order valence-electron chi connectivity index (χ4n) is 6.81. The Morgan fingerprint density at radius 3 is 1.03 bits per heavy atom. The van der Waals surface area contributed by atoms with Crippen LogP contribution in [0.4, 0.5) is 69.1 Å². The predicted molar refractivity (Wildman–Crippen MR) is 206 cm³/mol. The lowest BCUT2D eigenvalue weighted by Crippen LogP contribution is -2.57. The lowest BCUT2D eigenvalue weighted by atomic mass is 10.2. The van der Waals surface area contributed by atoms with Crippen molar-refractivity contribution >= 4 is 83.7 Å². The average Bonchev–Trinajstić information content (AvgIpc) is 3.78. The molecule has 2 aliphatic rings. The maximum atomic E-state index is 14.1. The van der Waals surface area contributed by atoms with E-state index in [9.17, 15) is 84.8 Å². The summed E-state index contributed by atoms with van der Waals surface area (Å²) < 4.78 is 218. The molecule has 66 heavy (non-hydrogen) atoms. The maximum absolute atomic E-state index is 14.1. The molecule has 4 heterocycles. The number of amides is 2. The second-order valence-electron chi connectivity index (χ2n) is 13.8. The summed E-state index contributed by atoms with van der Waals surface area (Å²) in [6.45, 7) is -4.03. The van der Waals surface area contributed by atoms with Gasteiger partial charge < -0.3 is 19.6 Å². The first-order chi connectivity index (χ1) is 30.3. The van der Waals surface area contributed by atoms with E-state index in [2.05, 4.69) is 10.2 Å². The molecule has 356 valence electrons. The van der Waals surface area contributed by atoms with Gasteiger partial charge in [0.15, 0.2) is 32.8 Å². The smallest absolute Gasteiger partial charge is 0.352 e. The molecular weight excluding hydrogens is 1050 g/mol. The van der Waals surface area contributed by atoms with Crippen LogP contribution in [0.5, 0.6) is 0 Å². The Labute approximate surface area is 382 Å². The number of benzene rings is 2. The van der Waals surface area contributed by atoms with Crippen molar-refractivity contribution in [3.63, 3.8) is 0 Å². The molecule has 2 amide bonds. The van der Waals surface area contributed by atoms with Gasteiger partial charge in [-0.2, -0.15) is 73.4 Å². The molecule has 33 heteroatoms. The Bertz CT molecular complexity index is 2710. The van der Waals surface area contributed by atoms with Crippen molar-refractivity contribution in [2.24, 2.45) is 0 Å². The van der Waals surface area contributed by atoms with Gasteiger partial charge in [0.2, 0.25) is 0 Å². The SMILES string of the molecule is N#Cc1nn(-c2c(Cl)cc(C(F)(F)F)cc2Cl)c(N2CCN(C(=O)N3CCN(c4c(S(=O)(=O)C(F)(F)F)c(C#N)nn4-c4c(Cl)cc(C(F)(F)F)cc4Cl)CC3)CC2)c1S(=O)(=O)C(F)(F)F. The van der Waals surface area contributed by atoms with Gasteiger partial charge in [-0.3, -0.25) is 0 Å². The van der Waals surface area contributed by atoms with Crippen LogP contribution in [0.2, 0.25) is 20.1 Å². The van der Waals surface area contributed by atoms with Crippen LogP contribution in [-0.4, -0.2) is 116 Å². The summed E-state index contributed by atoms with van der Waals surface area (Å²) in [5.74, 6) is -2.03. The van der Waals surface area contributed by atoms with Gasteiger partial charge in [0.05, 0.1) is 31.2 Å². The Balaban J connectivity index is 1.31. The number of carbonyl (C=O) groups excluding carboxylic acids is 1. The van der Waals surface area contributed by atoms with Crippen LogP contribution in [0.1, 0.15) is 22.5 Å². The number of carbonyl (C=O) groups is 1. The van der Waals surface area contributed by atoms with Crippen molar-refractivity contribution in [1.29, 1.82) is 10.5 Å². The zero-order valence-electron chi connectivity index (χ0n) is 31.8. The van der Waals surface area contributed by atoms with Crippen molar-refractivity contribution in [3.05, 3.63) is 66.9 Å². The fraction of sp³-hybridized carbons (Fsp3) is 0.364. The van der Waals surface area contributed by atoms with Crippen LogP contribution in [0.15, 0.2) is 34.1 Å². The normalized spacial score (nSPS) is 15.8. The zero-order chi connectivity index (χ0) is 49.4. The van der Waals surface area contributed by atoms with Crippen LogP contribution in [-0.2, 0) is 32.0 Å². The molecule has 0 atom stereocenters. The molecule has 0 spiro atoms. The van der Waals surface area contributed by atoms with E-state index in [0.717, 1.165) is 19.6 Å². The molecule has 2 aliphatic heterocycles. The zero-order valence-corrected chi connectivity index (χ0v) is 36.5. The van der Waals surface area contributed by atoms with Crippen LogP contribution < -0.4 is 9.80 Å². The first-order valence-electron chi connectivity index (χ1n) is 17.6. The number of aromatic nitrogens is 4. The standard InChI is InChI=1S/C33H20Cl4F12N10O5S2/c34-17-9-15(30(38,39)40)10-18(35)23(17)58-27(25(21(13-50)52-58)65(61,62)32(44,45)46)54-1-5-56(6-2-54)29(60)57-7-3-55(4-8-57)28-26(66(63,64)33(47,48)49)22(14-51)53-59(28)24-19(36)11-16(12-20(24)37)31(41,42)43/h9-12H,1-8H2. The molecule has 0 radical (unpaired) electrons. The van der Waals surface area contributed by atoms with Crippen LogP contribution in [0.3, 0.4) is 0 Å². The van der Waals surface area contributed by atoms with E-state index in [1.54, 1.807) is 0 Å². The lowest BCUT2D eigenvalue weighted by Gasteiger charge is -2.41. The quantitative estimate of drug-likeness (QED) is 0.170. The molecule has 0 unspecified atom stereocenters. The summed E-state index contributed by atoms with van der Waals surface area (Å²) in [5.41, 5.74) is -19.2. The number of sulfone groups is 2. The minimum Gasteiger partial charge on any atom is -0.352 e. The molecular formula is C33H20Cl4F12N10O5S2. The lowest BCUT2D eigenvalue weighted by molar-refractivity contribution is -0.138. The number of halogens is 16. The molecule has 2 fully saturated rings. The van der Waals surface area contributed by atoms with Gasteiger partial charge >= 0.3 is 29.4 Å². The van der Waals surface area contributed by atoms with E-state index in [0.29, 0.717) is 33.6 Å². The highest BCUT2D eigenvalue weighted by Crippen LogP contribution is 2.46. The monoisotopic (exact) mass is 1070 g/mol. The Morgan fingerprint density at radius 2 is 0.803 bits per heavy atom. The fourth-order valence-corrected chi connectivity index (χ4v) is 10.2. The van der Waals surface area contributed by atoms with Gasteiger partial charge in [-0.15, -0.1) is 0 Å². The summed E-state index contributed by atoms with van der Waals surface area (Å²) in [6.07, 6.45) is -10.1. The first-order valence-corrected chi connectivity index (χ1v) is 22.1. The topological polar surface area (TPSA) is 182 Å². The molecule has 2 aromatic heterocycles. The van der Waals surface area contributed by atoms with E-state index in [-0.39, 0.29) is 0 Å². The first kappa shape index (κ1) is 50.3. The third-order valence-electron chi connectivity index (χ3n) is 9.81. The number of anilines is 2.